The quantitative estimate of drug-likeness (QED) is 0.356. The SMILES string of the molecule is [B]C1(Br)C(=C)I2C(C)C(C)(C)CC21. The van der Waals surface area contributed by atoms with E-state index in [1.54, 1.807) is 0 Å². The minimum absolute atomic E-state index is 0.195. The summed E-state index contributed by atoms with van der Waals surface area (Å²) in [6, 6.07) is 0. The van der Waals surface area contributed by atoms with Crippen LogP contribution >= 0.6 is 35.7 Å². The van der Waals surface area contributed by atoms with Gasteiger partial charge >= 0.3 is 98.4 Å². The third-order valence-electron chi connectivity index (χ3n) is 3.55. The standard InChI is InChI=1S/C10H15BBrI/c1-6-9(3,4)5-8-10(11,12)7(2)13(6)8/h6,8H,2,5H2,1,3-4H3. The summed E-state index contributed by atoms with van der Waals surface area (Å²) in [7, 11) is 6.19. The molecular formula is C10H15BBrI. The van der Waals surface area contributed by atoms with Crippen LogP contribution in [-0.2, 0) is 0 Å². The van der Waals surface area contributed by atoms with E-state index in [0.29, 0.717) is 5.41 Å². The topological polar surface area (TPSA) is 0 Å². The maximum atomic E-state index is 6.19. The Morgan fingerprint density at radius 2 is 2.15 bits per heavy atom. The van der Waals surface area contributed by atoms with Crippen LogP contribution in [0.5, 0.6) is 0 Å². The first-order chi connectivity index (χ1) is 5.78. The molecule has 3 atom stereocenters. The molecule has 13 heavy (non-hydrogen) atoms. The van der Waals surface area contributed by atoms with Gasteiger partial charge < -0.3 is 0 Å². The van der Waals surface area contributed by atoms with Crippen molar-refractivity contribution in [1.29, 1.82) is 0 Å². The summed E-state index contributed by atoms with van der Waals surface area (Å²) < 4.78 is 2.80. The van der Waals surface area contributed by atoms with Gasteiger partial charge in [-0.15, -0.1) is 0 Å². The second kappa shape index (κ2) is 2.78. The summed E-state index contributed by atoms with van der Waals surface area (Å²) in [6.07, 6.45) is 1.29. The summed E-state index contributed by atoms with van der Waals surface area (Å²) in [6.45, 7) is 11.3. The van der Waals surface area contributed by atoms with Gasteiger partial charge in [0.25, 0.3) is 0 Å². The van der Waals surface area contributed by atoms with E-state index in [1.807, 2.05) is 0 Å². The molecule has 0 bridgehead atoms. The van der Waals surface area contributed by atoms with Crippen molar-refractivity contribution in [2.24, 2.45) is 5.41 Å². The first-order valence-corrected chi connectivity index (χ1v) is 8.99. The van der Waals surface area contributed by atoms with Crippen LogP contribution in [0, 0.1) is 5.41 Å². The number of allylic oxidation sites excluding steroid dienone is 1. The third kappa shape index (κ3) is 1.22. The van der Waals surface area contributed by atoms with Crippen molar-refractivity contribution in [2.75, 3.05) is 0 Å². The van der Waals surface area contributed by atoms with Crippen LogP contribution in [0.15, 0.2) is 10.2 Å². The molecule has 0 N–H and O–H groups in total. The zero-order chi connectivity index (χ0) is 10.0. The molecule has 2 aliphatic rings. The van der Waals surface area contributed by atoms with Crippen molar-refractivity contribution in [1.82, 2.24) is 0 Å². The maximum absolute atomic E-state index is 6.19. The Hall–Kier alpha value is 1.01. The molecule has 3 heteroatoms. The number of alkyl halides is 3. The van der Waals surface area contributed by atoms with E-state index >= 15 is 0 Å². The predicted octanol–water partition coefficient (Wildman–Crippen LogP) is 3.47. The van der Waals surface area contributed by atoms with E-state index in [9.17, 15) is 0 Å². The van der Waals surface area contributed by atoms with Gasteiger partial charge in [0.05, 0.1) is 0 Å². The molecule has 0 amide bonds. The number of fused-ring (bicyclic) bond motifs is 1. The van der Waals surface area contributed by atoms with Crippen LogP contribution < -0.4 is 0 Å². The van der Waals surface area contributed by atoms with Gasteiger partial charge in [-0.25, -0.2) is 0 Å². The van der Waals surface area contributed by atoms with Crippen molar-refractivity contribution < 1.29 is 0 Å². The van der Waals surface area contributed by atoms with E-state index in [1.165, 1.54) is 10.0 Å². The third-order valence-corrected chi connectivity index (χ3v) is 15.3. The minimum atomic E-state index is -0.949. The Balaban J connectivity index is 2.30. The second-order valence-electron chi connectivity index (χ2n) is 4.79. The van der Waals surface area contributed by atoms with Gasteiger partial charge in [0.2, 0.25) is 0 Å². The fraction of sp³-hybridized carbons (Fsp3) is 0.800. The van der Waals surface area contributed by atoms with Gasteiger partial charge in [-0.3, -0.25) is 0 Å². The zero-order valence-corrected chi connectivity index (χ0v) is 12.1. The molecule has 0 spiro atoms. The van der Waals surface area contributed by atoms with Crippen LogP contribution in [0.3, 0.4) is 0 Å². The van der Waals surface area contributed by atoms with Crippen molar-refractivity contribution in [2.45, 2.75) is 39.3 Å². The summed E-state index contributed by atoms with van der Waals surface area (Å²) in [4.78, 5) is 0. The Bertz CT molecular complexity index is 272. The molecule has 3 unspecified atom stereocenters. The monoisotopic (exact) mass is 352 g/mol. The molecule has 0 nitrogen and oxygen atoms in total. The van der Waals surface area contributed by atoms with Crippen LogP contribution in [0.25, 0.3) is 0 Å². The van der Waals surface area contributed by atoms with Gasteiger partial charge in [0, 0.05) is 0 Å². The first-order valence-electron chi connectivity index (χ1n) is 4.62. The normalized spacial score (nSPS) is 50.2. The molecule has 2 fully saturated rings. The van der Waals surface area contributed by atoms with Crippen molar-refractivity contribution >= 4 is 43.6 Å². The van der Waals surface area contributed by atoms with E-state index < -0.39 is 19.8 Å². The number of rotatable bonds is 0. The summed E-state index contributed by atoms with van der Waals surface area (Å²) >= 11 is 2.68. The predicted molar refractivity (Wildman–Crippen MR) is 72.2 cm³/mol. The van der Waals surface area contributed by atoms with E-state index in [4.69, 9.17) is 7.85 Å². The Labute approximate surface area is 97.9 Å². The average molecular weight is 353 g/mol. The molecule has 2 saturated heterocycles. The Kier molecular flexibility index (Phi) is 2.25. The molecule has 0 aromatic rings. The van der Waals surface area contributed by atoms with Gasteiger partial charge in [-0.2, -0.15) is 0 Å². The molecule has 0 aromatic heterocycles. The molecule has 0 aliphatic carbocycles. The van der Waals surface area contributed by atoms with Crippen LogP contribution in [-0.4, -0.2) is 19.9 Å². The van der Waals surface area contributed by atoms with Crippen molar-refractivity contribution in [3.8, 4) is 0 Å². The summed E-state index contributed by atoms with van der Waals surface area (Å²) in [5.74, 6) is 0. The number of halogens is 2. The average Bonchev–Trinajstić information content (AvgIpc) is 2.23. The fourth-order valence-corrected chi connectivity index (χ4v) is 14.0. The van der Waals surface area contributed by atoms with Gasteiger partial charge in [-0.05, 0) is 0 Å². The fourth-order valence-electron chi connectivity index (χ4n) is 2.21. The van der Waals surface area contributed by atoms with Crippen LogP contribution in [0.2, 0.25) is 0 Å². The number of hydrogen-bond acceptors (Lipinski definition) is 0. The van der Waals surface area contributed by atoms with Gasteiger partial charge in [-0.1, -0.05) is 0 Å². The zero-order valence-electron chi connectivity index (χ0n) is 8.40. The number of hydrogen-bond donors (Lipinski definition) is 0. The molecule has 2 rings (SSSR count). The molecule has 72 valence electrons. The van der Waals surface area contributed by atoms with Crippen LogP contribution in [0.4, 0.5) is 0 Å². The Morgan fingerprint density at radius 1 is 1.62 bits per heavy atom. The molecule has 0 saturated carbocycles. The van der Waals surface area contributed by atoms with E-state index in [0.717, 1.165) is 7.85 Å². The van der Waals surface area contributed by atoms with Gasteiger partial charge in [0.1, 0.15) is 0 Å². The molecule has 2 heterocycles. The first kappa shape index (κ1) is 10.5. The van der Waals surface area contributed by atoms with E-state index in [2.05, 4.69) is 43.3 Å². The van der Waals surface area contributed by atoms with E-state index in [-0.39, 0.29) is 4.22 Å². The van der Waals surface area contributed by atoms with Crippen molar-refractivity contribution in [3.05, 3.63) is 10.2 Å². The molecule has 2 radical (unpaired) electrons. The molecule has 2 aliphatic heterocycles. The molecule has 0 aromatic carbocycles. The van der Waals surface area contributed by atoms with Gasteiger partial charge in [0.15, 0.2) is 0 Å². The summed E-state index contributed by atoms with van der Waals surface area (Å²) in [5, 5.41) is 0. The second-order valence-corrected chi connectivity index (χ2v) is 12.7. The molecular weight excluding hydrogens is 338 g/mol. The van der Waals surface area contributed by atoms with Crippen LogP contribution in [0.1, 0.15) is 27.2 Å². The Morgan fingerprint density at radius 3 is 2.62 bits per heavy atom. The summed E-state index contributed by atoms with van der Waals surface area (Å²) in [5.41, 5.74) is 0.493. The van der Waals surface area contributed by atoms with Crippen molar-refractivity contribution in [3.63, 3.8) is 0 Å².